The van der Waals surface area contributed by atoms with E-state index in [0.29, 0.717) is 13.0 Å². The summed E-state index contributed by atoms with van der Waals surface area (Å²) in [5, 5.41) is 2.64. The second-order valence-corrected chi connectivity index (χ2v) is 6.11. The molecule has 1 atom stereocenters. The molecule has 0 heterocycles. The summed E-state index contributed by atoms with van der Waals surface area (Å²) in [6.45, 7) is 8.05. The van der Waals surface area contributed by atoms with E-state index in [9.17, 15) is 9.59 Å². The van der Waals surface area contributed by atoms with Crippen LogP contribution in [-0.2, 0) is 14.3 Å². The Morgan fingerprint density at radius 2 is 1.91 bits per heavy atom. The van der Waals surface area contributed by atoms with Crippen molar-refractivity contribution in [2.24, 2.45) is 5.73 Å². The van der Waals surface area contributed by atoms with Crippen molar-refractivity contribution in [3.8, 4) is 0 Å². The smallest absolute Gasteiger partial charge is 0.407 e. The summed E-state index contributed by atoms with van der Waals surface area (Å²) < 4.78 is 10.1. The summed E-state index contributed by atoms with van der Waals surface area (Å²) in [7, 11) is 0. The van der Waals surface area contributed by atoms with Gasteiger partial charge in [-0.25, -0.2) is 4.79 Å². The molecule has 132 valence electrons. The average Bonchev–Trinajstić information content (AvgIpc) is 2.44. The zero-order valence-electron chi connectivity index (χ0n) is 14.6. The van der Waals surface area contributed by atoms with Gasteiger partial charge in [-0.1, -0.05) is 18.2 Å². The molecule has 6 nitrogen and oxygen atoms in total. The van der Waals surface area contributed by atoms with Crippen LogP contribution in [0.5, 0.6) is 0 Å². The Morgan fingerprint density at radius 3 is 2.52 bits per heavy atom. The minimum atomic E-state index is -0.627. The number of esters is 1. The van der Waals surface area contributed by atoms with Gasteiger partial charge in [0.05, 0.1) is 0 Å². The SMILES string of the molecule is C/C=C\C=C\COC(=O)NCCCCC(N)C(=O)OC(C)(C)C. The van der Waals surface area contributed by atoms with Crippen LogP contribution < -0.4 is 11.1 Å². The van der Waals surface area contributed by atoms with Crippen LogP contribution in [0.4, 0.5) is 4.79 Å². The minimum absolute atomic E-state index is 0.236. The van der Waals surface area contributed by atoms with Crippen molar-refractivity contribution in [1.29, 1.82) is 0 Å². The summed E-state index contributed by atoms with van der Waals surface area (Å²) in [6, 6.07) is -0.627. The van der Waals surface area contributed by atoms with E-state index >= 15 is 0 Å². The van der Waals surface area contributed by atoms with Gasteiger partial charge in [0.2, 0.25) is 0 Å². The summed E-state index contributed by atoms with van der Waals surface area (Å²) in [4.78, 5) is 23.0. The van der Waals surface area contributed by atoms with Crippen LogP contribution >= 0.6 is 0 Å². The van der Waals surface area contributed by atoms with Gasteiger partial charge >= 0.3 is 12.1 Å². The standard InChI is InChI=1S/C17H30N2O4/c1-5-6-7-10-13-22-16(21)19-12-9-8-11-14(18)15(20)23-17(2,3)4/h5-7,10,14H,8-9,11-13,18H2,1-4H3,(H,19,21)/b6-5-,10-7+. The first-order chi connectivity index (χ1) is 10.8. The molecule has 3 N–H and O–H groups in total. The van der Waals surface area contributed by atoms with Gasteiger partial charge in [0.1, 0.15) is 18.2 Å². The topological polar surface area (TPSA) is 90.6 Å². The van der Waals surface area contributed by atoms with Gasteiger partial charge in [-0.2, -0.15) is 0 Å². The third-order valence-corrected chi connectivity index (χ3v) is 2.67. The first-order valence-electron chi connectivity index (χ1n) is 7.93. The monoisotopic (exact) mass is 326 g/mol. The van der Waals surface area contributed by atoms with Crippen LogP contribution in [-0.4, -0.2) is 36.9 Å². The van der Waals surface area contributed by atoms with Crippen molar-refractivity contribution in [3.05, 3.63) is 24.3 Å². The first kappa shape index (κ1) is 21.2. The second-order valence-electron chi connectivity index (χ2n) is 6.11. The fourth-order valence-corrected chi connectivity index (χ4v) is 1.60. The Hall–Kier alpha value is -1.82. The number of hydrogen-bond acceptors (Lipinski definition) is 5. The molecule has 0 aromatic carbocycles. The quantitative estimate of drug-likeness (QED) is 0.386. The molecule has 0 radical (unpaired) electrons. The second kappa shape index (κ2) is 11.7. The Kier molecular flexibility index (Phi) is 10.8. The molecule has 0 spiro atoms. The van der Waals surface area contributed by atoms with Gasteiger partial charge in [-0.3, -0.25) is 4.79 Å². The van der Waals surface area contributed by atoms with Gasteiger partial charge in [0, 0.05) is 6.54 Å². The number of carbonyl (C=O) groups excluding carboxylic acids is 2. The van der Waals surface area contributed by atoms with Crippen molar-refractivity contribution < 1.29 is 19.1 Å². The largest absolute Gasteiger partial charge is 0.459 e. The van der Waals surface area contributed by atoms with E-state index < -0.39 is 23.7 Å². The van der Waals surface area contributed by atoms with Gasteiger partial charge < -0.3 is 20.5 Å². The molecular formula is C17H30N2O4. The van der Waals surface area contributed by atoms with E-state index in [1.807, 2.05) is 25.2 Å². The van der Waals surface area contributed by atoms with Crippen LogP contribution in [0.25, 0.3) is 0 Å². The lowest BCUT2D eigenvalue weighted by atomic mass is 10.1. The first-order valence-corrected chi connectivity index (χ1v) is 7.93. The predicted molar refractivity (Wildman–Crippen MR) is 91.0 cm³/mol. The Morgan fingerprint density at radius 1 is 1.22 bits per heavy atom. The van der Waals surface area contributed by atoms with Gasteiger partial charge in [0.15, 0.2) is 0 Å². The van der Waals surface area contributed by atoms with Crippen LogP contribution in [0.1, 0.15) is 47.0 Å². The predicted octanol–water partition coefficient (Wildman–Crippen LogP) is 2.68. The van der Waals surface area contributed by atoms with Gasteiger partial charge in [-0.05, 0) is 53.0 Å². The third-order valence-electron chi connectivity index (χ3n) is 2.67. The zero-order chi connectivity index (χ0) is 17.7. The van der Waals surface area contributed by atoms with Gasteiger partial charge in [0.25, 0.3) is 0 Å². The minimum Gasteiger partial charge on any atom is -0.459 e. The lowest BCUT2D eigenvalue weighted by molar-refractivity contribution is -0.156. The maximum Gasteiger partial charge on any atom is 0.407 e. The molecule has 0 saturated heterocycles. The van der Waals surface area contributed by atoms with Crippen molar-refractivity contribution in [2.45, 2.75) is 58.6 Å². The van der Waals surface area contributed by atoms with E-state index in [0.717, 1.165) is 12.8 Å². The number of nitrogens with one attached hydrogen (secondary N) is 1. The highest BCUT2D eigenvalue weighted by Crippen LogP contribution is 2.10. The summed E-state index contributed by atoms with van der Waals surface area (Å²) in [6.07, 6.45) is 8.82. The lowest BCUT2D eigenvalue weighted by Gasteiger charge is -2.22. The summed E-state index contributed by atoms with van der Waals surface area (Å²) >= 11 is 0. The number of amides is 1. The third kappa shape index (κ3) is 13.6. The number of carbonyl (C=O) groups is 2. The Bertz CT molecular complexity index is 411. The molecular weight excluding hydrogens is 296 g/mol. The van der Waals surface area contributed by atoms with Crippen LogP contribution in [0, 0.1) is 0 Å². The van der Waals surface area contributed by atoms with E-state index in [2.05, 4.69) is 5.32 Å². The molecule has 0 fully saturated rings. The number of nitrogens with two attached hydrogens (primary N) is 1. The highest BCUT2D eigenvalue weighted by atomic mass is 16.6. The van der Waals surface area contributed by atoms with Crippen molar-refractivity contribution >= 4 is 12.1 Å². The lowest BCUT2D eigenvalue weighted by Crippen LogP contribution is -2.37. The maximum absolute atomic E-state index is 11.7. The van der Waals surface area contributed by atoms with Crippen LogP contribution in [0.15, 0.2) is 24.3 Å². The molecule has 6 heteroatoms. The number of alkyl carbamates (subject to hydrolysis) is 1. The number of rotatable bonds is 9. The van der Waals surface area contributed by atoms with E-state index in [-0.39, 0.29) is 6.61 Å². The molecule has 0 aromatic heterocycles. The number of ether oxygens (including phenoxy) is 2. The molecule has 0 aliphatic rings. The Balaban J connectivity index is 3.68. The molecule has 0 bridgehead atoms. The molecule has 0 aliphatic carbocycles. The molecule has 0 rings (SSSR count). The average molecular weight is 326 g/mol. The normalized spacial score (nSPS) is 13.3. The van der Waals surface area contributed by atoms with Crippen molar-refractivity contribution in [3.63, 3.8) is 0 Å². The molecule has 1 amide bonds. The molecule has 1 unspecified atom stereocenters. The molecule has 0 saturated carbocycles. The molecule has 0 aromatic rings. The fourth-order valence-electron chi connectivity index (χ4n) is 1.60. The fraction of sp³-hybridized carbons (Fsp3) is 0.647. The molecule has 23 heavy (non-hydrogen) atoms. The highest BCUT2D eigenvalue weighted by molar-refractivity contribution is 5.75. The number of hydrogen-bond donors (Lipinski definition) is 2. The van der Waals surface area contributed by atoms with Gasteiger partial charge in [-0.15, -0.1) is 0 Å². The maximum atomic E-state index is 11.7. The van der Waals surface area contributed by atoms with Crippen LogP contribution in [0.3, 0.4) is 0 Å². The van der Waals surface area contributed by atoms with Crippen molar-refractivity contribution in [1.82, 2.24) is 5.32 Å². The summed E-state index contributed by atoms with van der Waals surface area (Å²) in [5.74, 6) is -0.391. The number of unbranched alkanes of at least 4 members (excludes halogenated alkanes) is 1. The molecule has 0 aliphatic heterocycles. The van der Waals surface area contributed by atoms with E-state index in [1.54, 1.807) is 26.8 Å². The number of allylic oxidation sites excluding steroid dienone is 3. The van der Waals surface area contributed by atoms with Crippen molar-refractivity contribution in [2.75, 3.05) is 13.2 Å². The van der Waals surface area contributed by atoms with E-state index in [1.165, 1.54) is 0 Å². The van der Waals surface area contributed by atoms with Crippen LogP contribution in [0.2, 0.25) is 0 Å². The highest BCUT2D eigenvalue weighted by Gasteiger charge is 2.21. The zero-order valence-corrected chi connectivity index (χ0v) is 14.6. The van der Waals surface area contributed by atoms with E-state index in [4.69, 9.17) is 15.2 Å². The summed E-state index contributed by atoms with van der Waals surface area (Å²) in [5.41, 5.74) is 5.25. The Labute approximate surface area is 139 Å².